The summed E-state index contributed by atoms with van der Waals surface area (Å²) >= 11 is 0. The SMILES string of the molecule is NCC(=O)N[C@H]1CN[C@@](CCCCB(O)O)(C(=O)O)C1. The van der Waals surface area contributed by atoms with E-state index in [9.17, 15) is 14.7 Å². The molecule has 0 bridgehead atoms. The lowest BCUT2D eigenvalue weighted by Gasteiger charge is -2.24. The van der Waals surface area contributed by atoms with Crippen molar-refractivity contribution in [2.75, 3.05) is 13.1 Å². The van der Waals surface area contributed by atoms with Crippen LogP contribution in [0, 0.1) is 0 Å². The Hall–Kier alpha value is -1.16. The first-order valence-corrected chi connectivity index (χ1v) is 6.73. The van der Waals surface area contributed by atoms with Crippen LogP contribution in [-0.4, -0.2) is 58.8 Å². The minimum Gasteiger partial charge on any atom is -0.480 e. The van der Waals surface area contributed by atoms with Crippen molar-refractivity contribution in [1.82, 2.24) is 10.6 Å². The number of carboxylic acid groups (broad SMARTS) is 1. The van der Waals surface area contributed by atoms with Gasteiger partial charge in [0, 0.05) is 12.6 Å². The molecule has 0 saturated carbocycles. The summed E-state index contributed by atoms with van der Waals surface area (Å²) in [6.07, 6.45) is 2.01. The standard InChI is InChI=1S/C11H22BN3O5/c13-6-9(16)15-8-5-11(10(17)18,14-7-8)3-1-2-4-12(19)20/h8,14,19-20H,1-7,13H2,(H,15,16)(H,17,18)/t8-,11-/m1/s1. The molecule has 0 unspecified atom stereocenters. The number of carboxylic acids is 1. The second kappa shape index (κ2) is 7.58. The Morgan fingerprint density at radius 1 is 1.40 bits per heavy atom. The summed E-state index contributed by atoms with van der Waals surface area (Å²) in [6, 6.07) is -0.245. The lowest BCUT2D eigenvalue weighted by molar-refractivity contribution is -0.144. The summed E-state index contributed by atoms with van der Waals surface area (Å²) in [6.45, 7) is 0.269. The summed E-state index contributed by atoms with van der Waals surface area (Å²) in [5.41, 5.74) is 4.15. The number of nitrogens with one attached hydrogen (secondary N) is 2. The number of carbonyl (C=O) groups excluding carboxylic acids is 1. The molecule has 0 radical (unpaired) electrons. The van der Waals surface area contributed by atoms with E-state index in [-0.39, 0.29) is 24.8 Å². The fourth-order valence-electron chi connectivity index (χ4n) is 2.49. The number of nitrogens with two attached hydrogens (primary N) is 1. The third-order valence-electron chi connectivity index (χ3n) is 3.56. The molecule has 1 aliphatic rings. The van der Waals surface area contributed by atoms with Gasteiger partial charge in [-0.1, -0.05) is 12.8 Å². The third kappa shape index (κ3) is 4.75. The lowest BCUT2D eigenvalue weighted by Crippen LogP contribution is -2.47. The minimum absolute atomic E-state index is 0.120. The quantitative estimate of drug-likeness (QED) is 0.221. The highest BCUT2D eigenvalue weighted by molar-refractivity contribution is 6.40. The molecule has 9 heteroatoms. The van der Waals surface area contributed by atoms with Crippen LogP contribution in [-0.2, 0) is 9.59 Å². The molecule has 0 aromatic carbocycles. The zero-order chi connectivity index (χ0) is 15.2. The van der Waals surface area contributed by atoms with Crippen LogP contribution in [0.4, 0.5) is 0 Å². The lowest BCUT2D eigenvalue weighted by atomic mass is 9.81. The van der Waals surface area contributed by atoms with E-state index in [1.807, 2.05) is 0 Å². The number of amides is 1. The second-order valence-electron chi connectivity index (χ2n) is 5.17. The Bertz CT molecular complexity index is 355. The van der Waals surface area contributed by atoms with E-state index in [1.54, 1.807) is 0 Å². The second-order valence-corrected chi connectivity index (χ2v) is 5.17. The van der Waals surface area contributed by atoms with Crippen molar-refractivity contribution in [2.24, 2.45) is 5.73 Å². The maximum atomic E-state index is 11.5. The van der Waals surface area contributed by atoms with Crippen molar-refractivity contribution in [3.63, 3.8) is 0 Å². The van der Waals surface area contributed by atoms with Crippen LogP contribution in [0.5, 0.6) is 0 Å². The maximum absolute atomic E-state index is 11.5. The molecular formula is C11H22BN3O5. The molecule has 0 aromatic heterocycles. The van der Waals surface area contributed by atoms with E-state index in [0.29, 0.717) is 32.2 Å². The Balaban J connectivity index is 2.48. The van der Waals surface area contributed by atoms with Crippen LogP contribution in [0.1, 0.15) is 25.7 Å². The Morgan fingerprint density at radius 2 is 2.10 bits per heavy atom. The van der Waals surface area contributed by atoms with Crippen molar-refractivity contribution in [3.05, 3.63) is 0 Å². The topological polar surface area (TPSA) is 145 Å². The average molecular weight is 287 g/mol. The van der Waals surface area contributed by atoms with Gasteiger partial charge in [-0.25, -0.2) is 0 Å². The molecule has 1 rings (SSSR count). The van der Waals surface area contributed by atoms with Crippen molar-refractivity contribution in [3.8, 4) is 0 Å². The van der Waals surface area contributed by atoms with Gasteiger partial charge < -0.3 is 26.2 Å². The van der Waals surface area contributed by atoms with E-state index in [0.717, 1.165) is 0 Å². The van der Waals surface area contributed by atoms with Crippen molar-refractivity contribution < 1.29 is 24.7 Å². The first-order valence-electron chi connectivity index (χ1n) is 6.73. The number of hydrogen-bond acceptors (Lipinski definition) is 6. The highest BCUT2D eigenvalue weighted by Gasteiger charge is 2.45. The van der Waals surface area contributed by atoms with Gasteiger partial charge in [-0.3, -0.25) is 14.9 Å². The van der Waals surface area contributed by atoms with Crippen molar-refractivity contribution in [1.29, 1.82) is 0 Å². The monoisotopic (exact) mass is 287 g/mol. The summed E-state index contributed by atoms with van der Waals surface area (Å²) < 4.78 is 0. The Morgan fingerprint density at radius 3 is 2.65 bits per heavy atom. The number of aliphatic carboxylic acids is 1. The molecule has 7 N–H and O–H groups in total. The number of rotatable bonds is 8. The third-order valence-corrected chi connectivity index (χ3v) is 3.56. The molecule has 2 atom stereocenters. The molecule has 1 amide bonds. The first-order chi connectivity index (χ1) is 9.39. The highest BCUT2D eigenvalue weighted by atomic mass is 16.4. The van der Waals surface area contributed by atoms with E-state index >= 15 is 0 Å². The zero-order valence-electron chi connectivity index (χ0n) is 11.3. The van der Waals surface area contributed by atoms with Crippen LogP contribution >= 0.6 is 0 Å². The van der Waals surface area contributed by atoms with Crippen LogP contribution in [0.15, 0.2) is 0 Å². The molecule has 114 valence electrons. The van der Waals surface area contributed by atoms with Gasteiger partial charge in [0.1, 0.15) is 5.54 Å². The average Bonchev–Trinajstić information content (AvgIpc) is 2.79. The van der Waals surface area contributed by atoms with Crippen LogP contribution < -0.4 is 16.4 Å². The zero-order valence-corrected chi connectivity index (χ0v) is 11.3. The molecule has 1 aliphatic heterocycles. The maximum Gasteiger partial charge on any atom is 0.451 e. The van der Waals surface area contributed by atoms with Gasteiger partial charge in [0.2, 0.25) is 5.91 Å². The van der Waals surface area contributed by atoms with Crippen molar-refractivity contribution >= 4 is 19.0 Å². The van der Waals surface area contributed by atoms with E-state index in [4.69, 9.17) is 15.8 Å². The molecule has 0 aromatic rings. The molecule has 0 spiro atoms. The number of carbonyl (C=O) groups is 2. The largest absolute Gasteiger partial charge is 0.480 e. The molecule has 1 fully saturated rings. The summed E-state index contributed by atoms with van der Waals surface area (Å²) in [4.78, 5) is 22.7. The minimum atomic E-state index is -1.36. The van der Waals surface area contributed by atoms with Crippen LogP contribution in [0.3, 0.4) is 0 Å². The van der Waals surface area contributed by atoms with Gasteiger partial charge in [0.05, 0.1) is 6.54 Å². The van der Waals surface area contributed by atoms with Crippen LogP contribution in [0.25, 0.3) is 0 Å². The predicted molar refractivity (Wildman–Crippen MR) is 72.8 cm³/mol. The predicted octanol–water partition coefficient (Wildman–Crippen LogP) is -2.11. The fourth-order valence-corrected chi connectivity index (χ4v) is 2.49. The molecule has 1 saturated heterocycles. The van der Waals surface area contributed by atoms with E-state index in [1.165, 1.54) is 0 Å². The van der Waals surface area contributed by atoms with Crippen molar-refractivity contribution in [2.45, 2.75) is 43.6 Å². The van der Waals surface area contributed by atoms with Gasteiger partial charge in [0.25, 0.3) is 0 Å². The van der Waals surface area contributed by atoms with Crippen LogP contribution in [0.2, 0.25) is 6.32 Å². The summed E-state index contributed by atoms with van der Waals surface area (Å²) in [5, 5.41) is 32.5. The highest BCUT2D eigenvalue weighted by Crippen LogP contribution is 2.26. The molecule has 20 heavy (non-hydrogen) atoms. The van der Waals surface area contributed by atoms with Gasteiger partial charge in [0.15, 0.2) is 0 Å². The Labute approximate surface area is 117 Å². The van der Waals surface area contributed by atoms with Gasteiger partial charge >= 0.3 is 13.1 Å². The molecular weight excluding hydrogens is 265 g/mol. The first kappa shape index (κ1) is 16.9. The Kier molecular flexibility index (Phi) is 6.40. The van der Waals surface area contributed by atoms with Gasteiger partial charge in [-0.2, -0.15) is 0 Å². The summed E-state index contributed by atoms with van der Waals surface area (Å²) in [7, 11) is -1.36. The van der Waals surface area contributed by atoms with E-state index in [2.05, 4.69) is 10.6 Å². The number of hydrogen-bond donors (Lipinski definition) is 6. The smallest absolute Gasteiger partial charge is 0.451 e. The molecule has 0 aliphatic carbocycles. The molecule has 1 heterocycles. The van der Waals surface area contributed by atoms with Gasteiger partial charge in [-0.05, 0) is 19.2 Å². The fraction of sp³-hybridized carbons (Fsp3) is 0.818. The summed E-state index contributed by atoms with van der Waals surface area (Å²) in [5.74, 6) is -1.26. The normalized spacial score (nSPS) is 25.4. The molecule has 8 nitrogen and oxygen atoms in total. The van der Waals surface area contributed by atoms with Gasteiger partial charge in [-0.15, -0.1) is 0 Å². The number of unbranched alkanes of at least 4 members (excludes halogenated alkanes) is 1. The van der Waals surface area contributed by atoms with E-state index < -0.39 is 18.6 Å².